The van der Waals surface area contributed by atoms with Crippen LogP contribution in [0.25, 0.3) is 0 Å². The molecule has 1 aliphatic rings. The van der Waals surface area contributed by atoms with Gasteiger partial charge in [0.1, 0.15) is 0 Å². The van der Waals surface area contributed by atoms with E-state index in [2.05, 4.69) is 5.32 Å². The van der Waals surface area contributed by atoms with Crippen LogP contribution < -0.4 is 5.32 Å². The zero-order chi connectivity index (χ0) is 9.14. The highest BCUT2D eigenvalue weighted by Crippen LogP contribution is 2.29. The fourth-order valence-electron chi connectivity index (χ4n) is 1.15. The molecule has 1 rings (SSSR count). The van der Waals surface area contributed by atoms with Crippen molar-refractivity contribution >= 4 is 23.6 Å². The molecular formula is C7H11NO3S. The maximum Gasteiger partial charge on any atom is 0.394 e. The number of thioether (sulfide) groups is 1. The maximum atomic E-state index is 10.7. The third kappa shape index (κ3) is 1.91. The Balaban J connectivity index is 2.32. The van der Waals surface area contributed by atoms with Crippen LogP contribution in [0.3, 0.4) is 0 Å². The van der Waals surface area contributed by atoms with Gasteiger partial charge in [-0.15, -0.1) is 0 Å². The predicted molar refractivity (Wildman–Crippen MR) is 46.1 cm³/mol. The SMILES string of the molecule is CSC1CCC1NC(=O)C(=O)O. The van der Waals surface area contributed by atoms with E-state index in [9.17, 15) is 9.59 Å². The minimum absolute atomic E-state index is 0.0589. The van der Waals surface area contributed by atoms with E-state index in [4.69, 9.17) is 5.11 Å². The lowest BCUT2D eigenvalue weighted by atomic mass is 9.92. The summed E-state index contributed by atoms with van der Waals surface area (Å²) >= 11 is 1.67. The Bertz CT molecular complexity index is 205. The fraction of sp³-hybridized carbons (Fsp3) is 0.714. The van der Waals surface area contributed by atoms with Crippen LogP contribution in [0.15, 0.2) is 0 Å². The molecule has 0 spiro atoms. The molecule has 1 fully saturated rings. The Labute approximate surface area is 74.7 Å². The van der Waals surface area contributed by atoms with Crippen LogP contribution in [0.5, 0.6) is 0 Å². The van der Waals surface area contributed by atoms with E-state index in [1.165, 1.54) is 0 Å². The van der Waals surface area contributed by atoms with Crippen LogP contribution >= 0.6 is 11.8 Å². The molecule has 0 heterocycles. The van der Waals surface area contributed by atoms with E-state index < -0.39 is 11.9 Å². The Morgan fingerprint density at radius 1 is 1.50 bits per heavy atom. The van der Waals surface area contributed by atoms with Crippen molar-refractivity contribution in [3.63, 3.8) is 0 Å². The molecule has 2 N–H and O–H groups in total. The molecule has 68 valence electrons. The van der Waals surface area contributed by atoms with Crippen molar-refractivity contribution in [2.45, 2.75) is 24.1 Å². The van der Waals surface area contributed by atoms with Crippen LogP contribution in [-0.2, 0) is 9.59 Å². The van der Waals surface area contributed by atoms with E-state index in [0.717, 1.165) is 12.8 Å². The molecule has 2 unspecified atom stereocenters. The first kappa shape index (κ1) is 9.38. The lowest BCUT2D eigenvalue weighted by molar-refractivity contribution is -0.150. The number of aliphatic carboxylic acids is 1. The quantitative estimate of drug-likeness (QED) is 0.604. The van der Waals surface area contributed by atoms with Crippen molar-refractivity contribution in [2.24, 2.45) is 0 Å². The molecule has 0 radical (unpaired) electrons. The summed E-state index contributed by atoms with van der Waals surface area (Å²) in [6, 6.07) is 0.0589. The van der Waals surface area contributed by atoms with Crippen molar-refractivity contribution < 1.29 is 14.7 Å². The van der Waals surface area contributed by atoms with Gasteiger partial charge < -0.3 is 10.4 Å². The lowest BCUT2D eigenvalue weighted by Gasteiger charge is -2.35. The zero-order valence-electron chi connectivity index (χ0n) is 6.74. The van der Waals surface area contributed by atoms with Crippen LogP contribution in [0.2, 0.25) is 0 Å². The largest absolute Gasteiger partial charge is 0.474 e. The Morgan fingerprint density at radius 2 is 2.17 bits per heavy atom. The first-order chi connectivity index (χ1) is 5.65. The maximum absolute atomic E-state index is 10.7. The summed E-state index contributed by atoms with van der Waals surface area (Å²) in [6.45, 7) is 0. The molecule has 5 heteroatoms. The average molecular weight is 189 g/mol. The summed E-state index contributed by atoms with van der Waals surface area (Å²) in [4.78, 5) is 20.8. The van der Waals surface area contributed by atoms with Gasteiger partial charge in [-0.2, -0.15) is 11.8 Å². The van der Waals surface area contributed by atoms with Gasteiger partial charge in [0.05, 0.1) is 0 Å². The number of amides is 1. The van der Waals surface area contributed by atoms with Crippen LogP contribution in [-0.4, -0.2) is 34.5 Å². The molecule has 0 aromatic rings. The van der Waals surface area contributed by atoms with E-state index in [-0.39, 0.29) is 6.04 Å². The standard InChI is InChI=1S/C7H11NO3S/c1-12-5-3-2-4(5)8-6(9)7(10)11/h4-5H,2-3H2,1H3,(H,8,9)(H,10,11). The molecule has 0 aromatic heterocycles. The molecule has 1 saturated carbocycles. The third-order valence-corrected chi connectivity index (χ3v) is 3.19. The fourth-order valence-corrected chi connectivity index (χ4v) is 2.05. The number of carbonyl (C=O) groups is 2. The van der Waals surface area contributed by atoms with Crippen molar-refractivity contribution in [3.05, 3.63) is 0 Å². The second-order valence-corrected chi connectivity index (χ2v) is 3.81. The summed E-state index contributed by atoms with van der Waals surface area (Å²) in [5.41, 5.74) is 0. The molecule has 2 atom stereocenters. The monoisotopic (exact) mass is 189 g/mol. The first-order valence-corrected chi connectivity index (χ1v) is 5.00. The molecule has 1 aliphatic carbocycles. The van der Waals surface area contributed by atoms with Crippen molar-refractivity contribution in [1.82, 2.24) is 5.32 Å². The molecule has 0 bridgehead atoms. The summed E-state index contributed by atoms with van der Waals surface area (Å²) in [6.07, 6.45) is 3.92. The van der Waals surface area contributed by atoms with E-state index >= 15 is 0 Å². The highest BCUT2D eigenvalue weighted by atomic mass is 32.2. The van der Waals surface area contributed by atoms with Gasteiger partial charge in [-0.25, -0.2) is 4.79 Å². The number of hydrogen-bond acceptors (Lipinski definition) is 3. The van der Waals surface area contributed by atoms with Gasteiger partial charge >= 0.3 is 11.9 Å². The Morgan fingerprint density at radius 3 is 2.50 bits per heavy atom. The minimum atomic E-state index is -1.40. The summed E-state index contributed by atoms with van der Waals surface area (Å²) in [5, 5.41) is 11.1. The van der Waals surface area contributed by atoms with Gasteiger partial charge in [0.25, 0.3) is 0 Å². The van der Waals surface area contributed by atoms with Gasteiger partial charge in [-0.3, -0.25) is 4.79 Å². The second kappa shape index (κ2) is 3.80. The van der Waals surface area contributed by atoms with Gasteiger partial charge in [-0.1, -0.05) is 0 Å². The van der Waals surface area contributed by atoms with Crippen molar-refractivity contribution in [2.75, 3.05) is 6.26 Å². The average Bonchev–Trinajstić information content (AvgIpc) is 1.98. The lowest BCUT2D eigenvalue weighted by Crippen LogP contribution is -2.50. The third-order valence-electron chi connectivity index (χ3n) is 2.02. The minimum Gasteiger partial charge on any atom is -0.474 e. The molecule has 4 nitrogen and oxygen atoms in total. The smallest absolute Gasteiger partial charge is 0.394 e. The van der Waals surface area contributed by atoms with Crippen molar-refractivity contribution in [1.29, 1.82) is 0 Å². The van der Waals surface area contributed by atoms with Crippen LogP contribution in [0.1, 0.15) is 12.8 Å². The molecular weight excluding hydrogens is 178 g/mol. The molecule has 0 aromatic carbocycles. The van der Waals surface area contributed by atoms with E-state index in [1.807, 2.05) is 6.26 Å². The summed E-state index contributed by atoms with van der Waals surface area (Å²) in [5.74, 6) is -2.29. The Kier molecular flexibility index (Phi) is 2.97. The molecule has 1 amide bonds. The first-order valence-electron chi connectivity index (χ1n) is 3.71. The number of carboxylic acids is 1. The predicted octanol–water partition coefficient (Wildman–Crippen LogP) is 0.0812. The highest BCUT2D eigenvalue weighted by Gasteiger charge is 2.32. The topological polar surface area (TPSA) is 66.4 Å². The summed E-state index contributed by atoms with van der Waals surface area (Å²) in [7, 11) is 0. The molecule has 0 saturated heterocycles. The normalized spacial score (nSPS) is 27.4. The number of carbonyl (C=O) groups excluding carboxylic acids is 1. The number of carboxylic acid groups (broad SMARTS) is 1. The van der Waals surface area contributed by atoms with E-state index in [0.29, 0.717) is 5.25 Å². The molecule has 12 heavy (non-hydrogen) atoms. The van der Waals surface area contributed by atoms with Crippen LogP contribution in [0, 0.1) is 0 Å². The number of rotatable bonds is 2. The van der Waals surface area contributed by atoms with Gasteiger partial charge in [0.2, 0.25) is 0 Å². The molecule has 0 aliphatic heterocycles. The van der Waals surface area contributed by atoms with Crippen LogP contribution in [0.4, 0.5) is 0 Å². The van der Waals surface area contributed by atoms with Gasteiger partial charge in [0, 0.05) is 11.3 Å². The second-order valence-electron chi connectivity index (χ2n) is 2.74. The number of hydrogen-bond donors (Lipinski definition) is 2. The Hall–Kier alpha value is -0.710. The van der Waals surface area contributed by atoms with E-state index in [1.54, 1.807) is 11.8 Å². The van der Waals surface area contributed by atoms with Gasteiger partial charge in [0.15, 0.2) is 0 Å². The highest BCUT2D eigenvalue weighted by molar-refractivity contribution is 7.99. The number of nitrogens with one attached hydrogen (secondary N) is 1. The summed E-state index contributed by atoms with van der Waals surface area (Å²) < 4.78 is 0. The van der Waals surface area contributed by atoms with Gasteiger partial charge in [-0.05, 0) is 19.1 Å². The van der Waals surface area contributed by atoms with Crippen molar-refractivity contribution in [3.8, 4) is 0 Å². The zero-order valence-corrected chi connectivity index (χ0v) is 7.56.